The zero-order valence-corrected chi connectivity index (χ0v) is 7.60. The molecule has 0 saturated carbocycles. The van der Waals surface area contributed by atoms with Crippen molar-refractivity contribution < 1.29 is 19.7 Å². The molecular formula is C8H10N2O4. The number of aromatic hydroxyl groups is 2. The summed E-state index contributed by atoms with van der Waals surface area (Å²) >= 11 is 0. The molecule has 1 heterocycles. The molecule has 6 heteroatoms. The molecule has 14 heavy (non-hydrogen) atoms. The van der Waals surface area contributed by atoms with E-state index in [0.29, 0.717) is 6.42 Å². The SMILES string of the molecule is CCCOC(=O)c1cnc(O)nc1O. The lowest BCUT2D eigenvalue weighted by Gasteiger charge is -2.03. The standard InChI is InChI=1S/C8H10N2O4/c1-2-3-14-7(12)5-4-9-8(13)10-6(5)11/h4H,2-3H2,1H3,(H2,9,10,11,13). The molecule has 0 bridgehead atoms. The molecule has 0 amide bonds. The fourth-order valence-corrected chi connectivity index (χ4v) is 0.780. The molecular weight excluding hydrogens is 188 g/mol. The molecule has 0 atom stereocenters. The maximum Gasteiger partial charge on any atom is 0.345 e. The van der Waals surface area contributed by atoms with Gasteiger partial charge in [0.15, 0.2) is 0 Å². The van der Waals surface area contributed by atoms with E-state index in [9.17, 15) is 4.79 Å². The summed E-state index contributed by atoms with van der Waals surface area (Å²) in [5.74, 6) is -1.29. The van der Waals surface area contributed by atoms with Crippen molar-refractivity contribution in [1.82, 2.24) is 9.97 Å². The Labute approximate surface area is 80.2 Å². The number of nitrogens with zero attached hydrogens (tertiary/aromatic N) is 2. The van der Waals surface area contributed by atoms with Crippen LogP contribution in [0.1, 0.15) is 23.7 Å². The van der Waals surface area contributed by atoms with Crippen LogP contribution in [0.5, 0.6) is 11.9 Å². The summed E-state index contributed by atoms with van der Waals surface area (Å²) in [6, 6.07) is -0.588. The first kappa shape index (κ1) is 10.2. The third kappa shape index (κ3) is 2.32. The maximum absolute atomic E-state index is 11.2. The lowest BCUT2D eigenvalue weighted by Crippen LogP contribution is -2.07. The molecule has 0 saturated heterocycles. The molecule has 0 fully saturated rings. The van der Waals surface area contributed by atoms with E-state index >= 15 is 0 Å². The zero-order chi connectivity index (χ0) is 10.6. The predicted molar refractivity (Wildman–Crippen MR) is 45.9 cm³/mol. The predicted octanol–water partition coefficient (Wildman–Crippen LogP) is 0.455. The third-order valence-corrected chi connectivity index (χ3v) is 1.41. The Kier molecular flexibility index (Phi) is 3.22. The highest BCUT2D eigenvalue weighted by atomic mass is 16.5. The van der Waals surface area contributed by atoms with Crippen molar-refractivity contribution in [2.75, 3.05) is 6.61 Å². The van der Waals surface area contributed by atoms with Crippen LogP contribution in [0.25, 0.3) is 0 Å². The Morgan fingerprint density at radius 1 is 1.57 bits per heavy atom. The third-order valence-electron chi connectivity index (χ3n) is 1.41. The summed E-state index contributed by atoms with van der Waals surface area (Å²) in [5, 5.41) is 17.9. The zero-order valence-electron chi connectivity index (χ0n) is 7.60. The van der Waals surface area contributed by atoms with Crippen LogP contribution in [-0.2, 0) is 4.74 Å². The molecule has 6 nitrogen and oxygen atoms in total. The number of carbonyl (C=O) groups excluding carboxylic acids is 1. The topological polar surface area (TPSA) is 92.5 Å². The first-order valence-corrected chi connectivity index (χ1v) is 4.07. The van der Waals surface area contributed by atoms with Crippen LogP contribution in [0, 0.1) is 0 Å². The van der Waals surface area contributed by atoms with E-state index < -0.39 is 17.9 Å². The molecule has 1 aromatic rings. The van der Waals surface area contributed by atoms with Gasteiger partial charge in [0.25, 0.3) is 0 Å². The Balaban J connectivity index is 2.80. The van der Waals surface area contributed by atoms with Crippen LogP contribution in [-0.4, -0.2) is 32.8 Å². The summed E-state index contributed by atoms with van der Waals surface area (Å²) < 4.78 is 4.74. The lowest BCUT2D eigenvalue weighted by atomic mass is 10.3. The van der Waals surface area contributed by atoms with Gasteiger partial charge in [-0.15, -0.1) is 0 Å². The van der Waals surface area contributed by atoms with Crippen molar-refractivity contribution in [3.8, 4) is 11.9 Å². The molecule has 0 aliphatic carbocycles. The van der Waals surface area contributed by atoms with E-state index in [4.69, 9.17) is 14.9 Å². The molecule has 0 aromatic carbocycles. The average molecular weight is 198 g/mol. The summed E-state index contributed by atoms with van der Waals surface area (Å²) in [5.41, 5.74) is -0.156. The van der Waals surface area contributed by atoms with Crippen LogP contribution >= 0.6 is 0 Å². The van der Waals surface area contributed by atoms with Gasteiger partial charge in [-0.05, 0) is 6.42 Å². The Morgan fingerprint density at radius 3 is 2.86 bits per heavy atom. The molecule has 76 valence electrons. The second-order valence-corrected chi connectivity index (χ2v) is 2.54. The first-order valence-electron chi connectivity index (χ1n) is 4.07. The molecule has 0 spiro atoms. The van der Waals surface area contributed by atoms with Gasteiger partial charge in [-0.2, -0.15) is 4.98 Å². The largest absolute Gasteiger partial charge is 0.493 e. The van der Waals surface area contributed by atoms with Gasteiger partial charge < -0.3 is 14.9 Å². The number of hydrogen-bond acceptors (Lipinski definition) is 6. The van der Waals surface area contributed by atoms with Crippen LogP contribution in [0.4, 0.5) is 0 Å². The van der Waals surface area contributed by atoms with Crippen molar-refractivity contribution in [2.45, 2.75) is 13.3 Å². The normalized spacial score (nSPS) is 9.79. The van der Waals surface area contributed by atoms with Gasteiger partial charge in [-0.3, -0.25) is 0 Å². The fourth-order valence-electron chi connectivity index (χ4n) is 0.780. The summed E-state index contributed by atoms with van der Waals surface area (Å²) in [7, 11) is 0. The second-order valence-electron chi connectivity index (χ2n) is 2.54. The first-order chi connectivity index (χ1) is 6.65. The minimum absolute atomic E-state index is 0.156. The van der Waals surface area contributed by atoms with E-state index in [1.165, 1.54) is 0 Å². The van der Waals surface area contributed by atoms with Gasteiger partial charge >= 0.3 is 12.0 Å². The number of esters is 1. The lowest BCUT2D eigenvalue weighted by molar-refractivity contribution is 0.0500. The van der Waals surface area contributed by atoms with Gasteiger partial charge in [0.2, 0.25) is 5.88 Å². The Hall–Kier alpha value is -1.85. The minimum Gasteiger partial charge on any atom is -0.493 e. The van der Waals surface area contributed by atoms with Gasteiger partial charge in [-0.1, -0.05) is 6.92 Å². The van der Waals surface area contributed by atoms with E-state index in [-0.39, 0.29) is 12.2 Å². The number of rotatable bonds is 3. The molecule has 1 rings (SSSR count). The van der Waals surface area contributed by atoms with E-state index in [2.05, 4.69) is 9.97 Å². The number of aromatic nitrogens is 2. The average Bonchev–Trinajstić information content (AvgIpc) is 2.14. The van der Waals surface area contributed by atoms with E-state index in [1.54, 1.807) is 0 Å². The van der Waals surface area contributed by atoms with Gasteiger partial charge in [0.1, 0.15) is 5.56 Å². The monoisotopic (exact) mass is 198 g/mol. The number of carbonyl (C=O) groups is 1. The Morgan fingerprint density at radius 2 is 2.29 bits per heavy atom. The smallest absolute Gasteiger partial charge is 0.345 e. The summed E-state index contributed by atoms with van der Waals surface area (Å²) in [6.45, 7) is 2.11. The van der Waals surface area contributed by atoms with Crippen LogP contribution < -0.4 is 0 Å². The fraction of sp³-hybridized carbons (Fsp3) is 0.375. The highest BCUT2D eigenvalue weighted by molar-refractivity contribution is 5.91. The van der Waals surface area contributed by atoms with Crippen LogP contribution in [0.2, 0.25) is 0 Å². The summed E-state index contributed by atoms with van der Waals surface area (Å²) in [6.07, 6.45) is 1.70. The molecule has 2 N–H and O–H groups in total. The van der Waals surface area contributed by atoms with Crippen molar-refractivity contribution >= 4 is 5.97 Å². The van der Waals surface area contributed by atoms with Crippen molar-refractivity contribution in [1.29, 1.82) is 0 Å². The molecule has 0 aliphatic rings. The van der Waals surface area contributed by atoms with Crippen molar-refractivity contribution in [2.24, 2.45) is 0 Å². The molecule has 0 aliphatic heterocycles. The van der Waals surface area contributed by atoms with Gasteiger partial charge in [0, 0.05) is 0 Å². The Bertz CT molecular complexity index is 340. The molecule has 1 aromatic heterocycles. The highest BCUT2D eigenvalue weighted by Crippen LogP contribution is 2.15. The molecule has 0 radical (unpaired) electrons. The second kappa shape index (κ2) is 4.40. The van der Waals surface area contributed by atoms with E-state index in [1.807, 2.05) is 6.92 Å². The summed E-state index contributed by atoms with van der Waals surface area (Å²) in [4.78, 5) is 17.7. The quantitative estimate of drug-likeness (QED) is 0.685. The minimum atomic E-state index is -0.704. The van der Waals surface area contributed by atoms with Crippen molar-refractivity contribution in [3.05, 3.63) is 11.8 Å². The maximum atomic E-state index is 11.2. The van der Waals surface area contributed by atoms with E-state index in [0.717, 1.165) is 6.20 Å². The highest BCUT2D eigenvalue weighted by Gasteiger charge is 2.14. The molecule has 0 unspecified atom stereocenters. The number of ether oxygens (including phenoxy) is 1. The van der Waals surface area contributed by atoms with Crippen LogP contribution in [0.3, 0.4) is 0 Å². The number of hydrogen-bond donors (Lipinski definition) is 2. The van der Waals surface area contributed by atoms with Crippen LogP contribution in [0.15, 0.2) is 6.20 Å². The van der Waals surface area contributed by atoms with Crippen molar-refractivity contribution in [3.63, 3.8) is 0 Å². The van der Waals surface area contributed by atoms with Gasteiger partial charge in [-0.25, -0.2) is 9.78 Å². The van der Waals surface area contributed by atoms with Gasteiger partial charge in [0.05, 0.1) is 12.8 Å².